The maximum atomic E-state index is 13.1. The molecule has 0 aliphatic carbocycles. The van der Waals surface area contributed by atoms with Gasteiger partial charge in [-0.05, 0) is 122 Å². The average molecular weight is 1390 g/mol. The van der Waals surface area contributed by atoms with E-state index in [2.05, 4.69) is 137 Å². The van der Waals surface area contributed by atoms with Crippen LogP contribution in [0.1, 0.15) is 297 Å². The van der Waals surface area contributed by atoms with Crippen molar-refractivity contribution in [3.05, 3.63) is 109 Å². The van der Waals surface area contributed by atoms with Crippen LogP contribution in [0.5, 0.6) is 0 Å². The molecule has 0 heterocycles. The van der Waals surface area contributed by atoms with Gasteiger partial charge in [0.25, 0.3) is 0 Å². The number of hydrogen-bond acceptors (Lipinski definition) is 15. The number of phosphoric ester groups is 2. The van der Waals surface area contributed by atoms with Crippen molar-refractivity contribution in [1.82, 2.24) is 0 Å². The van der Waals surface area contributed by atoms with Gasteiger partial charge < -0.3 is 33.8 Å². The SMILES string of the molecule is CC/C=C\C/C=C\C/C=C\C/C=C\CCCCCCCCC(=O)OCC(COP(=O)(O)OCC(O)COP(=O)(O)OCC(COC(=O)CCCCCCC/C=C\CCCC)OC(=O)CCCCCCCCCCCCC)OC(=O)CCCC/C=C\C/C=C\C/C=C\C/C=C\CC. The summed E-state index contributed by atoms with van der Waals surface area (Å²) in [4.78, 5) is 72.7. The van der Waals surface area contributed by atoms with Gasteiger partial charge in [-0.3, -0.25) is 37.3 Å². The van der Waals surface area contributed by atoms with Crippen LogP contribution >= 0.6 is 15.6 Å². The summed E-state index contributed by atoms with van der Waals surface area (Å²) in [6.07, 6.45) is 72.4. The van der Waals surface area contributed by atoms with Crippen LogP contribution in [0.4, 0.5) is 0 Å². The molecule has 0 fully saturated rings. The molecule has 0 rings (SSSR count). The maximum Gasteiger partial charge on any atom is 0.472 e. The highest BCUT2D eigenvalue weighted by Crippen LogP contribution is 2.45. The lowest BCUT2D eigenvalue weighted by Crippen LogP contribution is -2.30. The number of aliphatic hydroxyl groups is 1. The van der Waals surface area contributed by atoms with E-state index in [0.717, 1.165) is 161 Å². The highest BCUT2D eigenvalue weighted by molar-refractivity contribution is 7.47. The van der Waals surface area contributed by atoms with Crippen LogP contribution in [0.25, 0.3) is 0 Å². The normalized spacial score (nSPS) is 14.6. The largest absolute Gasteiger partial charge is 0.472 e. The number of carbonyl (C=O) groups is 4. The summed E-state index contributed by atoms with van der Waals surface area (Å²) < 4.78 is 68.3. The lowest BCUT2D eigenvalue weighted by molar-refractivity contribution is -0.161. The van der Waals surface area contributed by atoms with Gasteiger partial charge in [-0.2, -0.15) is 0 Å². The molecule has 5 atom stereocenters. The summed E-state index contributed by atoms with van der Waals surface area (Å²) in [5, 5.41) is 10.6. The molecule has 552 valence electrons. The highest BCUT2D eigenvalue weighted by Gasteiger charge is 2.30. The van der Waals surface area contributed by atoms with Crippen LogP contribution in [0.15, 0.2) is 109 Å². The monoisotopic (exact) mass is 1390 g/mol. The van der Waals surface area contributed by atoms with Gasteiger partial charge in [0.15, 0.2) is 12.2 Å². The maximum absolute atomic E-state index is 13.1. The molecule has 0 amide bonds. The molecule has 19 heteroatoms. The molecule has 17 nitrogen and oxygen atoms in total. The lowest BCUT2D eigenvalue weighted by Gasteiger charge is -2.21. The Morgan fingerprint density at radius 2 is 0.552 bits per heavy atom. The summed E-state index contributed by atoms with van der Waals surface area (Å²) in [6.45, 7) is 4.52. The quantitative estimate of drug-likeness (QED) is 0.0169. The van der Waals surface area contributed by atoms with Gasteiger partial charge >= 0.3 is 39.5 Å². The van der Waals surface area contributed by atoms with Crippen molar-refractivity contribution >= 4 is 39.5 Å². The molecule has 0 saturated heterocycles. The van der Waals surface area contributed by atoms with E-state index in [1.807, 2.05) is 0 Å². The number of aliphatic hydroxyl groups excluding tert-OH is 1. The fourth-order valence-corrected chi connectivity index (χ4v) is 11.2. The van der Waals surface area contributed by atoms with Crippen molar-refractivity contribution in [2.45, 2.75) is 316 Å². The summed E-state index contributed by atoms with van der Waals surface area (Å²) >= 11 is 0. The number of hydrogen-bond donors (Lipinski definition) is 3. The number of esters is 4. The van der Waals surface area contributed by atoms with Crippen molar-refractivity contribution in [3.8, 4) is 0 Å². The van der Waals surface area contributed by atoms with E-state index in [9.17, 15) is 43.2 Å². The topological polar surface area (TPSA) is 237 Å². The minimum Gasteiger partial charge on any atom is -0.462 e. The van der Waals surface area contributed by atoms with E-state index in [1.165, 1.54) is 51.4 Å². The van der Waals surface area contributed by atoms with Crippen LogP contribution in [-0.4, -0.2) is 96.7 Å². The van der Waals surface area contributed by atoms with Gasteiger partial charge in [-0.25, -0.2) is 9.13 Å². The molecular formula is C77H132O17P2. The molecule has 0 aromatic rings. The van der Waals surface area contributed by atoms with E-state index in [0.29, 0.717) is 32.1 Å². The van der Waals surface area contributed by atoms with Crippen molar-refractivity contribution in [1.29, 1.82) is 0 Å². The second-order valence-electron chi connectivity index (χ2n) is 24.5. The number of phosphoric acid groups is 2. The highest BCUT2D eigenvalue weighted by atomic mass is 31.2. The van der Waals surface area contributed by atoms with Crippen LogP contribution in [-0.2, 0) is 65.4 Å². The number of rotatable bonds is 69. The molecule has 0 aliphatic rings. The summed E-state index contributed by atoms with van der Waals surface area (Å²) in [5.74, 6) is -2.24. The summed E-state index contributed by atoms with van der Waals surface area (Å²) in [6, 6.07) is 0. The molecule has 0 aromatic heterocycles. The third kappa shape index (κ3) is 68.3. The molecule has 0 radical (unpaired) electrons. The second-order valence-corrected chi connectivity index (χ2v) is 27.4. The van der Waals surface area contributed by atoms with E-state index >= 15 is 0 Å². The molecule has 0 spiro atoms. The molecular weight excluding hydrogens is 1260 g/mol. The van der Waals surface area contributed by atoms with Gasteiger partial charge in [0.05, 0.1) is 26.4 Å². The van der Waals surface area contributed by atoms with Gasteiger partial charge in [-0.15, -0.1) is 0 Å². The Labute approximate surface area is 581 Å². The molecule has 3 N–H and O–H groups in total. The molecule has 5 unspecified atom stereocenters. The molecule has 0 aliphatic heterocycles. The molecule has 0 bridgehead atoms. The summed E-state index contributed by atoms with van der Waals surface area (Å²) in [7, 11) is -9.96. The van der Waals surface area contributed by atoms with Crippen LogP contribution < -0.4 is 0 Å². The summed E-state index contributed by atoms with van der Waals surface area (Å²) in [5.41, 5.74) is 0. The van der Waals surface area contributed by atoms with Crippen LogP contribution in [0.3, 0.4) is 0 Å². The third-order valence-corrected chi connectivity index (χ3v) is 17.1. The second kappa shape index (κ2) is 69.2. The Hall–Kier alpha value is -4.28. The first-order chi connectivity index (χ1) is 46.7. The van der Waals surface area contributed by atoms with Gasteiger partial charge in [0.1, 0.15) is 19.3 Å². The molecule has 0 saturated carbocycles. The first-order valence-electron chi connectivity index (χ1n) is 37.1. The van der Waals surface area contributed by atoms with Gasteiger partial charge in [0.2, 0.25) is 0 Å². The molecule has 0 aromatic carbocycles. The smallest absolute Gasteiger partial charge is 0.462 e. The van der Waals surface area contributed by atoms with Gasteiger partial charge in [0, 0.05) is 25.7 Å². The minimum atomic E-state index is -4.99. The molecule has 96 heavy (non-hydrogen) atoms. The number of unbranched alkanes of at least 4 members (excludes halogenated alkanes) is 25. The number of carbonyl (C=O) groups excluding carboxylic acids is 4. The van der Waals surface area contributed by atoms with E-state index < -0.39 is 97.5 Å². The van der Waals surface area contributed by atoms with E-state index in [1.54, 1.807) is 0 Å². The van der Waals surface area contributed by atoms with Crippen molar-refractivity contribution in [2.75, 3.05) is 39.6 Å². The fourth-order valence-electron chi connectivity index (χ4n) is 9.59. The third-order valence-electron chi connectivity index (χ3n) is 15.2. The Bertz CT molecular complexity index is 2250. The van der Waals surface area contributed by atoms with E-state index in [-0.39, 0.29) is 25.7 Å². The average Bonchev–Trinajstić information content (AvgIpc) is 1.41. The van der Waals surface area contributed by atoms with Crippen molar-refractivity contribution < 1.29 is 80.2 Å². The Morgan fingerprint density at radius 3 is 0.896 bits per heavy atom. The van der Waals surface area contributed by atoms with Crippen LogP contribution in [0, 0.1) is 0 Å². The first-order valence-corrected chi connectivity index (χ1v) is 40.1. The zero-order chi connectivity index (χ0) is 70.4. The van der Waals surface area contributed by atoms with Crippen molar-refractivity contribution in [2.24, 2.45) is 0 Å². The van der Waals surface area contributed by atoms with Crippen molar-refractivity contribution in [3.63, 3.8) is 0 Å². The van der Waals surface area contributed by atoms with Gasteiger partial charge in [-0.1, -0.05) is 259 Å². The Balaban J connectivity index is 5.36. The first kappa shape index (κ1) is 91.7. The predicted octanol–water partition coefficient (Wildman–Crippen LogP) is 21.0. The number of allylic oxidation sites excluding steroid dienone is 18. The minimum absolute atomic E-state index is 0.0379. The Morgan fingerprint density at radius 1 is 0.302 bits per heavy atom. The van der Waals surface area contributed by atoms with E-state index in [4.69, 9.17) is 37.0 Å². The lowest BCUT2D eigenvalue weighted by atomic mass is 10.1. The van der Waals surface area contributed by atoms with Crippen LogP contribution in [0.2, 0.25) is 0 Å². The zero-order valence-corrected chi connectivity index (χ0v) is 61.8. The standard InChI is InChI=1S/C77H132O17P2/c1-5-9-13-17-21-25-29-31-33-34-35-36-38-39-43-46-50-54-58-62-75(80)88-68-73(94-77(82)64-60-56-52-48-44-40-37-32-30-26-22-18-14-10-6-2)70-92-96(85,86)90-66-71(78)65-89-95(83,84)91-69-72(93-76(81)63-59-55-51-47-42-28-24-20-16-12-8-4)67-87-74(79)61-57-53-49-45-41-27-23-19-15-11-7-3/h9-10,13-14,19,21-23,25-26,31-33,35-37,44,48,71-73,78H,5-8,11-12,15-18,20,24,27-30,34,38-43,45-47,49-70H2,1-4H3,(H,83,84)(H,85,86)/b13-9-,14-10-,23-19-,25-21-,26-22-,33-31-,36-35-,37-32-,48-44-. The number of ether oxygens (including phenoxy) is 4. The Kier molecular flexibility index (Phi) is 66.1. The fraction of sp³-hybridized carbons (Fsp3) is 0.714. The predicted molar refractivity (Wildman–Crippen MR) is 390 cm³/mol. The zero-order valence-electron chi connectivity index (χ0n) is 60.0.